The van der Waals surface area contributed by atoms with E-state index in [2.05, 4.69) is 20.9 Å². The van der Waals surface area contributed by atoms with Crippen molar-refractivity contribution in [1.29, 1.82) is 0 Å². The van der Waals surface area contributed by atoms with E-state index in [1.807, 2.05) is 19.9 Å². The van der Waals surface area contributed by atoms with Gasteiger partial charge in [0.15, 0.2) is 16.3 Å². The van der Waals surface area contributed by atoms with E-state index in [1.54, 1.807) is 57.2 Å². The first-order valence-electron chi connectivity index (χ1n) is 15.4. The molecule has 0 fully saturated rings. The standard InChI is InChI=1S/C34H31BrN4O10S/c1-6-46-27-15-20(14-23(35)31(27)49-26-13-12-21(38(42)43)17-24(26)39(44)45)16-28-32(40)37-30(22-10-8-9-11-25(22)48-18(3)4)29(33(41)47-7-2)19(5)36-34(37)50-28/h8-18,30H,6-7H2,1-5H3/b28-16-/t30-/m1/s1. The van der Waals surface area contributed by atoms with Crippen molar-refractivity contribution in [1.82, 2.24) is 4.57 Å². The monoisotopic (exact) mass is 766 g/mol. The number of halogens is 1. The van der Waals surface area contributed by atoms with Crippen LogP contribution in [0.5, 0.6) is 23.0 Å². The molecule has 1 aliphatic heterocycles. The van der Waals surface area contributed by atoms with Gasteiger partial charge in [0.05, 0.1) is 55.5 Å². The first-order valence-corrected chi connectivity index (χ1v) is 17.0. The molecule has 0 radical (unpaired) electrons. The molecule has 0 saturated carbocycles. The molecule has 0 amide bonds. The molecule has 1 aromatic heterocycles. The number of benzene rings is 3. The van der Waals surface area contributed by atoms with Crippen molar-refractivity contribution in [2.45, 2.75) is 46.8 Å². The molecule has 1 atom stereocenters. The van der Waals surface area contributed by atoms with E-state index < -0.39 is 38.8 Å². The number of hydrogen-bond acceptors (Lipinski definition) is 12. The Balaban J connectivity index is 1.65. The van der Waals surface area contributed by atoms with Gasteiger partial charge >= 0.3 is 11.7 Å². The second-order valence-corrected chi connectivity index (χ2v) is 12.9. The normalized spacial score (nSPS) is 14.2. The Labute approximate surface area is 297 Å². The zero-order valence-corrected chi connectivity index (χ0v) is 29.9. The third kappa shape index (κ3) is 7.30. The molecule has 0 aliphatic carbocycles. The van der Waals surface area contributed by atoms with Gasteiger partial charge in [0.25, 0.3) is 11.2 Å². The number of nitrogens with zero attached hydrogens (tertiary/aromatic N) is 4. The van der Waals surface area contributed by atoms with Crippen LogP contribution in [0.2, 0.25) is 0 Å². The number of allylic oxidation sites excluding steroid dienone is 1. The lowest BCUT2D eigenvalue weighted by Crippen LogP contribution is -2.40. The second kappa shape index (κ2) is 15.0. The van der Waals surface area contributed by atoms with Crippen molar-refractivity contribution in [3.8, 4) is 23.0 Å². The number of nitro benzene ring substituents is 2. The molecule has 0 spiro atoms. The summed E-state index contributed by atoms with van der Waals surface area (Å²) in [5, 5.41) is 22.9. The second-order valence-electron chi connectivity index (χ2n) is 11.0. The van der Waals surface area contributed by atoms with Gasteiger partial charge < -0.3 is 18.9 Å². The van der Waals surface area contributed by atoms with Gasteiger partial charge in [0, 0.05) is 11.6 Å². The average Bonchev–Trinajstić information content (AvgIpc) is 3.35. The maximum absolute atomic E-state index is 14.2. The number of rotatable bonds is 12. The van der Waals surface area contributed by atoms with Gasteiger partial charge in [-0.25, -0.2) is 9.79 Å². The van der Waals surface area contributed by atoms with Crippen LogP contribution < -0.4 is 29.1 Å². The predicted octanol–water partition coefficient (Wildman–Crippen LogP) is 6.36. The van der Waals surface area contributed by atoms with Gasteiger partial charge in [-0.2, -0.15) is 0 Å². The molecule has 16 heteroatoms. The number of carbonyl (C=O) groups is 1. The molecular weight excluding hydrogens is 736 g/mol. The first kappa shape index (κ1) is 35.9. The molecule has 14 nitrogen and oxygen atoms in total. The van der Waals surface area contributed by atoms with Crippen LogP contribution in [-0.2, 0) is 9.53 Å². The summed E-state index contributed by atoms with van der Waals surface area (Å²) in [7, 11) is 0. The quantitative estimate of drug-likeness (QED) is 0.0897. The molecule has 50 heavy (non-hydrogen) atoms. The molecule has 0 bridgehead atoms. The minimum absolute atomic E-state index is 0.0823. The zero-order chi connectivity index (χ0) is 36.3. The molecule has 0 N–H and O–H groups in total. The first-order chi connectivity index (χ1) is 23.8. The Kier molecular flexibility index (Phi) is 10.8. The average molecular weight is 768 g/mol. The van der Waals surface area contributed by atoms with Crippen molar-refractivity contribution in [2.24, 2.45) is 4.99 Å². The van der Waals surface area contributed by atoms with Crippen molar-refractivity contribution in [2.75, 3.05) is 13.2 Å². The third-order valence-electron chi connectivity index (χ3n) is 7.28. The number of esters is 1. The molecule has 4 aromatic rings. The minimum atomic E-state index is -0.888. The van der Waals surface area contributed by atoms with Crippen LogP contribution in [0.4, 0.5) is 11.4 Å². The number of para-hydroxylation sites is 1. The fraction of sp³-hybridized carbons (Fsp3) is 0.265. The van der Waals surface area contributed by atoms with E-state index in [1.165, 1.54) is 4.57 Å². The number of aromatic nitrogens is 1. The van der Waals surface area contributed by atoms with Crippen LogP contribution in [0, 0.1) is 20.2 Å². The topological polar surface area (TPSA) is 175 Å². The van der Waals surface area contributed by atoms with Gasteiger partial charge in [-0.05, 0) is 86.5 Å². The number of hydrogen-bond donors (Lipinski definition) is 0. The van der Waals surface area contributed by atoms with Gasteiger partial charge in [0.1, 0.15) is 11.8 Å². The SMILES string of the molecule is CCOC(=O)C1=C(C)N=c2s/c(=C\c3cc(Br)c(Oc4ccc([N+](=O)[O-])cc4[N+](=O)[O-])c(OCC)c3)c(=O)n2[C@@H]1c1ccccc1OC(C)C. The highest BCUT2D eigenvalue weighted by molar-refractivity contribution is 9.10. The van der Waals surface area contributed by atoms with Gasteiger partial charge in [-0.3, -0.25) is 29.6 Å². The van der Waals surface area contributed by atoms with Crippen LogP contribution in [-0.4, -0.2) is 39.7 Å². The highest BCUT2D eigenvalue weighted by Crippen LogP contribution is 2.43. The van der Waals surface area contributed by atoms with E-state index in [0.717, 1.165) is 29.5 Å². The molecule has 3 aromatic carbocycles. The molecule has 0 unspecified atom stereocenters. The summed E-state index contributed by atoms with van der Waals surface area (Å²) in [6.45, 7) is 9.23. The molecular formula is C34H31BrN4O10S. The third-order valence-corrected chi connectivity index (χ3v) is 8.86. The number of ether oxygens (including phenoxy) is 4. The summed E-state index contributed by atoms with van der Waals surface area (Å²) in [4.78, 5) is 54.0. The molecule has 5 rings (SSSR count). The smallest absolute Gasteiger partial charge is 0.338 e. The van der Waals surface area contributed by atoms with Crippen LogP contribution in [0.1, 0.15) is 51.8 Å². The fourth-order valence-corrected chi connectivity index (χ4v) is 6.88. The van der Waals surface area contributed by atoms with Gasteiger partial charge in [-0.15, -0.1) is 0 Å². The van der Waals surface area contributed by atoms with Crippen molar-refractivity contribution in [3.63, 3.8) is 0 Å². The summed E-state index contributed by atoms with van der Waals surface area (Å²) in [6, 6.07) is 12.6. The van der Waals surface area contributed by atoms with Gasteiger partial charge in [-0.1, -0.05) is 29.5 Å². The maximum atomic E-state index is 14.2. The van der Waals surface area contributed by atoms with E-state index in [0.29, 0.717) is 36.4 Å². The van der Waals surface area contributed by atoms with E-state index in [9.17, 15) is 29.8 Å². The summed E-state index contributed by atoms with van der Waals surface area (Å²) >= 11 is 4.58. The van der Waals surface area contributed by atoms with Crippen molar-refractivity contribution >= 4 is 50.7 Å². The molecule has 1 aliphatic rings. The molecule has 2 heterocycles. The Morgan fingerprint density at radius 3 is 2.44 bits per heavy atom. The van der Waals surface area contributed by atoms with Crippen LogP contribution in [0.15, 0.2) is 80.1 Å². The Bertz CT molecular complexity index is 2230. The number of carbonyl (C=O) groups excluding carboxylic acids is 1. The lowest BCUT2D eigenvalue weighted by atomic mass is 9.95. The van der Waals surface area contributed by atoms with Crippen LogP contribution in [0.3, 0.4) is 0 Å². The number of nitro groups is 2. The van der Waals surface area contributed by atoms with E-state index in [4.69, 9.17) is 18.9 Å². The maximum Gasteiger partial charge on any atom is 0.338 e. The lowest BCUT2D eigenvalue weighted by Gasteiger charge is -2.26. The number of thiazole rings is 1. The largest absolute Gasteiger partial charge is 0.491 e. The predicted molar refractivity (Wildman–Crippen MR) is 188 cm³/mol. The van der Waals surface area contributed by atoms with Crippen LogP contribution >= 0.6 is 27.3 Å². The van der Waals surface area contributed by atoms with Gasteiger partial charge in [0.2, 0.25) is 5.75 Å². The Morgan fingerprint density at radius 1 is 1.04 bits per heavy atom. The highest BCUT2D eigenvalue weighted by atomic mass is 79.9. The van der Waals surface area contributed by atoms with E-state index in [-0.39, 0.29) is 42.1 Å². The zero-order valence-electron chi connectivity index (χ0n) is 27.5. The minimum Gasteiger partial charge on any atom is -0.491 e. The number of fused-ring (bicyclic) bond motifs is 1. The lowest BCUT2D eigenvalue weighted by molar-refractivity contribution is -0.394. The molecule has 0 saturated heterocycles. The van der Waals surface area contributed by atoms with E-state index >= 15 is 0 Å². The fourth-order valence-electron chi connectivity index (χ4n) is 5.30. The Hall–Kier alpha value is -5.35. The summed E-state index contributed by atoms with van der Waals surface area (Å²) in [6.07, 6.45) is 1.45. The summed E-state index contributed by atoms with van der Waals surface area (Å²) < 4.78 is 25.3. The van der Waals surface area contributed by atoms with Crippen molar-refractivity contribution < 1.29 is 33.6 Å². The number of non-ortho nitro benzene ring substituents is 1. The molecule has 260 valence electrons. The highest BCUT2D eigenvalue weighted by Gasteiger charge is 2.35. The van der Waals surface area contributed by atoms with Crippen molar-refractivity contribution in [3.05, 3.63) is 121 Å². The van der Waals surface area contributed by atoms with Crippen LogP contribution in [0.25, 0.3) is 6.08 Å². The Morgan fingerprint density at radius 2 is 1.78 bits per heavy atom. The summed E-state index contributed by atoms with van der Waals surface area (Å²) in [5.74, 6) is -0.0578. The summed E-state index contributed by atoms with van der Waals surface area (Å²) in [5.41, 5.74) is 0.242.